The standard InChI is InChI=1S/C28H29FN4O2/c1-2-7-19(27(34)31-23-15-13-21(29)14-16-23)8-6-11-26-32-24-17-12-20(18-25(24)33-26)28(35)30-22-9-4-3-5-10-22/h2,6-8,12-18,22H,1,3-5,9-11H2,(H,30,35)(H,31,34)(H,32,33)/b8-6-,19-7+. The molecule has 0 bridgehead atoms. The Balaban J connectivity index is 1.39. The van der Waals surface area contributed by atoms with Gasteiger partial charge in [0.1, 0.15) is 11.6 Å². The first-order chi connectivity index (χ1) is 17.0. The number of carbonyl (C=O) groups excluding carboxylic acids is 2. The first kappa shape index (κ1) is 24.1. The summed E-state index contributed by atoms with van der Waals surface area (Å²) in [6.07, 6.45) is 12.8. The van der Waals surface area contributed by atoms with E-state index in [0.717, 1.165) is 29.7 Å². The van der Waals surface area contributed by atoms with E-state index >= 15 is 0 Å². The van der Waals surface area contributed by atoms with Gasteiger partial charge in [-0.05, 0) is 55.3 Å². The maximum Gasteiger partial charge on any atom is 0.255 e. The number of aromatic amines is 1. The molecule has 0 radical (unpaired) electrons. The number of nitrogens with zero attached hydrogens (tertiary/aromatic N) is 1. The van der Waals surface area contributed by atoms with Crippen molar-refractivity contribution >= 4 is 28.5 Å². The van der Waals surface area contributed by atoms with E-state index in [1.54, 1.807) is 18.2 Å². The quantitative estimate of drug-likeness (QED) is 0.294. The van der Waals surface area contributed by atoms with E-state index in [1.807, 2.05) is 18.2 Å². The van der Waals surface area contributed by atoms with E-state index in [2.05, 4.69) is 27.2 Å². The summed E-state index contributed by atoms with van der Waals surface area (Å²) in [5, 5.41) is 5.88. The largest absolute Gasteiger partial charge is 0.349 e. The Morgan fingerprint density at radius 2 is 1.89 bits per heavy atom. The molecular formula is C28H29FN4O2. The van der Waals surface area contributed by atoms with Crippen LogP contribution in [0.3, 0.4) is 0 Å². The van der Waals surface area contributed by atoms with E-state index in [4.69, 9.17) is 0 Å². The van der Waals surface area contributed by atoms with Crippen LogP contribution in [0.2, 0.25) is 0 Å². The van der Waals surface area contributed by atoms with Crippen LogP contribution in [-0.4, -0.2) is 27.8 Å². The average molecular weight is 473 g/mol. The van der Waals surface area contributed by atoms with E-state index in [-0.39, 0.29) is 23.7 Å². The summed E-state index contributed by atoms with van der Waals surface area (Å²) in [7, 11) is 0. The lowest BCUT2D eigenvalue weighted by Gasteiger charge is -2.22. The van der Waals surface area contributed by atoms with Gasteiger partial charge in [-0.1, -0.05) is 50.1 Å². The number of hydrogen-bond acceptors (Lipinski definition) is 3. The topological polar surface area (TPSA) is 86.9 Å². The maximum absolute atomic E-state index is 13.1. The van der Waals surface area contributed by atoms with E-state index in [1.165, 1.54) is 49.6 Å². The SMILES string of the molecule is C=C/C=C(\C=C/Cc1nc2ccc(C(=O)NC3CCCCC3)cc2[nH]1)C(=O)Nc1ccc(F)cc1. The number of carbonyl (C=O) groups is 2. The van der Waals surface area contributed by atoms with Crippen LogP contribution in [0.25, 0.3) is 11.0 Å². The second-order valence-electron chi connectivity index (χ2n) is 8.65. The minimum atomic E-state index is -0.368. The number of aromatic nitrogens is 2. The van der Waals surface area contributed by atoms with Crippen LogP contribution in [-0.2, 0) is 11.2 Å². The van der Waals surface area contributed by atoms with Crippen molar-refractivity contribution in [2.24, 2.45) is 0 Å². The first-order valence-electron chi connectivity index (χ1n) is 11.9. The molecule has 7 heteroatoms. The Kier molecular flexibility index (Phi) is 7.88. The molecule has 180 valence electrons. The van der Waals surface area contributed by atoms with Crippen molar-refractivity contribution in [3.63, 3.8) is 0 Å². The van der Waals surface area contributed by atoms with Crippen LogP contribution in [0.15, 0.2) is 78.9 Å². The molecule has 2 aromatic carbocycles. The van der Waals surface area contributed by atoms with Gasteiger partial charge in [-0.25, -0.2) is 9.37 Å². The Labute approximate surface area is 204 Å². The van der Waals surface area contributed by atoms with Gasteiger partial charge in [0.2, 0.25) is 0 Å². The molecule has 0 spiro atoms. The smallest absolute Gasteiger partial charge is 0.255 e. The number of nitrogens with one attached hydrogen (secondary N) is 3. The minimum Gasteiger partial charge on any atom is -0.349 e. The highest BCUT2D eigenvalue weighted by Crippen LogP contribution is 2.19. The second kappa shape index (κ2) is 11.4. The summed E-state index contributed by atoms with van der Waals surface area (Å²) in [6, 6.07) is 11.3. The van der Waals surface area contributed by atoms with Crippen molar-refractivity contribution in [1.29, 1.82) is 0 Å². The lowest BCUT2D eigenvalue weighted by Crippen LogP contribution is -2.36. The van der Waals surface area contributed by atoms with Gasteiger partial charge in [-0.2, -0.15) is 0 Å². The van der Waals surface area contributed by atoms with Crippen LogP contribution in [0.5, 0.6) is 0 Å². The van der Waals surface area contributed by atoms with Crippen molar-refractivity contribution < 1.29 is 14.0 Å². The van der Waals surface area contributed by atoms with Gasteiger partial charge >= 0.3 is 0 Å². The lowest BCUT2D eigenvalue weighted by molar-refractivity contribution is -0.112. The molecule has 35 heavy (non-hydrogen) atoms. The van der Waals surface area contributed by atoms with Crippen molar-refractivity contribution in [3.05, 3.63) is 96.1 Å². The van der Waals surface area contributed by atoms with Crippen molar-refractivity contribution in [2.45, 2.75) is 44.6 Å². The third-order valence-corrected chi connectivity index (χ3v) is 6.00. The highest BCUT2D eigenvalue weighted by Gasteiger charge is 2.17. The molecule has 1 aromatic heterocycles. The summed E-state index contributed by atoms with van der Waals surface area (Å²) in [5.41, 5.74) is 3.09. The van der Waals surface area contributed by atoms with Crippen LogP contribution in [0, 0.1) is 5.82 Å². The molecule has 1 aliphatic rings. The highest BCUT2D eigenvalue weighted by molar-refractivity contribution is 6.06. The Morgan fingerprint density at radius 1 is 1.11 bits per heavy atom. The van der Waals surface area contributed by atoms with Crippen molar-refractivity contribution in [3.8, 4) is 0 Å². The fraction of sp³-hybridized carbons (Fsp3) is 0.250. The Bertz CT molecular complexity index is 1270. The summed E-state index contributed by atoms with van der Waals surface area (Å²) in [5.74, 6) is -0.0299. The number of hydrogen-bond donors (Lipinski definition) is 3. The fourth-order valence-corrected chi connectivity index (χ4v) is 4.18. The van der Waals surface area contributed by atoms with Gasteiger partial charge in [0.15, 0.2) is 0 Å². The van der Waals surface area contributed by atoms with Gasteiger partial charge in [0.05, 0.1) is 11.0 Å². The molecule has 6 nitrogen and oxygen atoms in total. The summed E-state index contributed by atoms with van der Waals surface area (Å²) < 4.78 is 13.1. The molecule has 2 amide bonds. The van der Waals surface area contributed by atoms with E-state index in [9.17, 15) is 14.0 Å². The summed E-state index contributed by atoms with van der Waals surface area (Å²) >= 11 is 0. The lowest BCUT2D eigenvalue weighted by atomic mass is 9.95. The van der Waals surface area contributed by atoms with Gasteiger partial charge in [-0.15, -0.1) is 0 Å². The van der Waals surface area contributed by atoms with E-state index < -0.39 is 0 Å². The van der Waals surface area contributed by atoms with Gasteiger partial charge < -0.3 is 15.6 Å². The molecular weight excluding hydrogens is 443 g/mol. The molecule has 0 aliphatic heterocycles. The fourth-order valence-electron chi connectivity index (χ4n) is 4.18. The number of amides is 2. The van der Waals surface area contributed by atoms with Crippen LogP contribution < -0.4 is 10.6 Å². The molecule has 0 unspecified atom stereocenters. The molecule has 1 saturated carbocycles. The number of rotatable bonds is 8. The molecule has 1 heterocycles. The summed E-state index contributed by atoms with van der Waals surface area (Å²) in [4.78, 5) is 33.1. The monoisotopic (exact) mass is 472 g/mol. The van der Waals surface area contributed by atoms with Gasteiger partial charge in [0.25, 0.3) is 11.8 Å². The first-order valence-corrected chi connectivity index (χ1v) is 11.9. The third kappa shape index (κ3) is 6.53. The molecule has 1 fully saturated rings. The van der Waals surface area contributed by atoms with Gasteiger partial charge in [-0.3, -0.25) is 9.59 Å². The molecule has 1 aliphatic carbocycles. The predicted molar refractivity (Wildman–Crippen MR) is 137 cm³/mol. The number of anilines is 1. The van der Waals surface area contributed by atoms with E-state index in [0.29, 0.717) is 23.2 Å². The normalized spacial score (nSPS) is 14.8. The zero-order valence-corrected chi connectivity index (χ0v) is 19.5. The molecule has 3 aromatic rings. The minimum absolute atomic E-state index is 0.0544. The molecule has 0 saturated heterocycles. The Hall–Kier alpha value is -4.00. The molecule has 0 atom stereocenters. The Morgan fingerprint density at radius 3 is 2.63 bits per heavy atom. The number of halogens is 1. The van der Waals surface area contributed by atoms with Crippen molar-refractivity contribution in [1.82, 2.24) is 15.3 Å². The number of fused-ring (bicyclic) bond motifs is 1. The molecule has 4 rings (SSSR count). The summed E-state index contributed by atoms with van der Waals surface area (Å²) in [6.45, 7) is 3.66. The second-order valence-corrected chi connectivity index (χ2v) is 8.65. The zero-order valence-electron chi connectivity index (χ0n) is 19.5. The number of benzene rings is 2. The van der Waals surface area contributed by atoms with Crippen LogP contribution in [0.1, 0.15) is 48.3 Å². The number of allylic oxidation sites excluding steroid dienone is 3. The maximum atomic E-state index is 13.1. The zero-order chi connectivity index (χ0) is 24.6. The number of imidazole rings is 1. The predicted octanol–water partition coefficient (Wildman–Crippen LogP) is 5.61. The van der Waals surface area contributed by atoms with Crippen LogP contribution >= 0.6 is 0 Å². The molecule has 3 N–H and O–H groups in total. The van der Waals surface area contributed by atoms with Crippen LogP contribution in [0.4, 0.5) is 10.1 Å². The number of H-pyrrole nitrogens is 1. The average Bonchev–Trinajstić information content (AvgIpc) is 3.27. The van der Waals surface area contributed by atoms with Gasteiger partial charge in [0, 0.05) is 29.3 Å². The highest BCUT2D eigenvalue weighted by atomic mass is 19.1. The third-order valence-electron chi connectivity index (χ3n) is 6.00. The van der Waals surface area contributed by atoms with Crippen molar-refractivity contribution in [2.75, 3.05) is 5.32 Å².